The van der Waals surface area contributed by atoms with Crippen molar-refractivity contribution in [1.82, 2.24) is 15.6 Å². The van der Waals surface area contributed by atoms with E-state index >= 15 is 0 Å². The van der Waals surface area contributed by atoms with Crippen molar-refractivity contribution in [2.45, 2.75) is 57.5 Å². The molecule has 4 rings (SSSR count). The van der Waals surface area contributed by atoms with Gasteiger partial charge >= 0.3 is 12.1 Å². The molecule has 1 aromatic heterocycles. The summed E-state index contributed by atoms with van der Waals surface area (Å²) in [5, 5.41) is 14.3. The predicted molar refractivity (Wildman–Crippen MR) is 145 cm³/mol. The second kappa shape index (κ2) is 13.1. The lowest BCUT2D eigenvalue weighted by Gasteiger charge is -2.30. The van der Waals surface area contributed by atoms with Crippen LogP contribution in [-0.4, -0.2) is 34.4 Å². The van der Waals surface area contributed by atoms with Crippen molar-refractivity contribution in [2.75, 3.05) is 6.54 Å². The molecule has 0 bridgehead atoms. The van der Waals surface area contributed by atoms with Gasteiger partial charge in [0.1, 0.15) is 0 Å². The number of halogens is 5. The van der Waals surface area contributed by atoms with Crippen LogP contribution in [0.3, 0.4) is 0 Å². The van der Waals surface area contributed by atoms with Crippen LogP contribution in [0, 0.1) is 11.8 Å². The van der Waals surface area contributed by atoms with Gasteiger partial charge in [-0.2, -0.15) is 13.2 Å². The number of nitrogens with zero attached hydrogens (tertiary/aromatic N) is 1. The summed E-state index contributed by atoms with van der Waals surface area (Å²) in [5.74, 6) is -3.73. The highest BCUT2D eigenvalue weighted by Gasteiger charge is 2.42. The van der Waals surface area contributed by atoms with E-state index in [0.717, 1.165) is 32.1 Å². The lowest BCUT2D eigenvalue weighted by molar-refractivity contribution is -0.153. The Bertz CT molecular complexity index is 1380. The molecule has 0 spiro atoms. The molecule has 0 aliphatic heterocycles. The first kappa shape index (κ1) is 30.6. The van der Waals surface area contributed by atoms with Gasteiger partial charge in [-0.15, -0.1) is 0 Å². The van der Waals surface area contributed by atoms with Crippen molar-refractivity contribution in [3.8, 4) is 11.5 Å². The smallest absolute Gasteiger partial charge is 0.452 e. The van der Waals surface area contributed by atoms with E-state index in [0.29, 0.717) is 18.0 Å². The average molecular weight is 614 g/mol. The second-order valence-electron chi connectivity index (χ2n) is 10.1. The molecule has 1 fully saturated rings. The number of aromatic nitrogens is 1. The number of hydrogen-bond donors (Lipinski definition) is 3. The lowest BCUT2D eigenvalue weighted by Crippen LogP contribution is -2.32. The van der Waals surface area contributed by atoms with Crippen molar-refractivity contribution < 1.29 is 37.1 Å². The van der Waals surface area contributed by atoms with Gasteiger partial charge in [-0.25, -0.2) is 4.98 Å². The maximum absolute atomic E-state index is 13.6. The first-order chi connectivity index (χ1) is 19.4. The zero-order valence-electron chi connectivity index (χ0n) is 21.8. The molecule has 0 saturated heterocycles. The Morgan fingerprint density at radius 1 is 1.07 bits per heavy atom. The SMILES string of the molecule is O=C(O)CC1CCC(C2=CC=C(NC(=O)CCNC(=O)c3nc(-c4ccc(Cl)cc4Cl)oc3C(F)(F)F)CC2)CC1. The fourth-order valence-corrected chi connectivity index (χ4v) is 5.63. The van der Waals surface area contributed by atoms with E-state index in [-0.39, 0.29) is 40.9 Å². The van der Waals surface area contributed by atoms with E-state index in [1.54, 1.807) is 0 Å². The number of alkyl halides is 3. The number of benzene rings is 1. The molecule has 0 radical (unpaired) electrons. The van der Waals surface area contributed by atoms with E-state index in [1.165, 1.54) is 23.8 Å². The Morgan fingerprint density at radius 3 is 2.41 bits per heavy atom. The second-order valence-corrected chi connectivity index (χ2v) is 11.0. The fraction of sp³-hybridized carbons (Fsp3) is 0.429. The van der Waals surface area contributed by atoms with E-state index in [4.69, 9.17) is 32.7 Å². The largest absolute Gasteiger partial charge is 0.481 e. The van der Waals surface area contributed by atoms with Gasteiger partial charge in [-0.3, -0.25) is 14.4 Å². The highest BCUT2D eigenvalue weighted by atomic mass is 35.5. The first-order valence-corrected chi connectivity index (χ1v) is 13.9. The van der Waals surface area contributed by atoms with E-state index in [9.17, 15) is 27.6 Å². The van der Waals surface area contributed by atoms with Crippen LogP contribution in [0.5, 0.6) is 0 Å². The van der Waals surface area contributed by atoms with Gasteiger partial charge < -0.3 is 20.2 Å². The number of allylic oxidation sites excluding steroid dienone is 4. The summed E-state index contributed by atoms with van der Waals surface area (Å²) in [6.07, 6.45) is 3.99. The van der Waals surface area contributed by atoms with Crippen LogP contribution < -0.4 is 10.6 Å². The quantitative estimate of drug-likeness (QED) is 0.286. The van der Waals surface area contributed by atoms with Gasteiger partial charge in [0.25, 0.3) is 5.91 Å². The Morgan fingerprint density at radius 2 is 1.80 bits per heavy atom. The number of carbonyl (C=O) groups is 3. The third-order valence-corrected chi connectivity index (χ3v) is 7.76. The van der Waals surface area contributed by atoms with Crippen LogP contribution in [0.4, 0.5) is 13.2 Å². The normalized spacial score (nSPS) is 19.2. The minimum atomic E-state index is -4.99. The predicted octanol–water partition coefficient (Wildman–Crippen LogP) is 6.79. The van der Waals surface area contributed by atoms with Crippen LogP contribution in [0.15, 0.2) is 46.0 Å². The van der Waals surface area contributed by atoms with Crippen molar-refractivity contribution in [3.63, 3.8) is 0 Å². The summed E-state index contributed by atoms with van der Waals surface area (Å²) < 4.78 is 45.5. The molecule has 13 heteroatoms. The Balaban J connectivity index is 1.29. The van der Waals surface area contributed by atoms with Crippen molar-refractivity contribution in [2.24, 2.45) is 11.8 Å². The van der Waals surface area contributed by atoms with Crippen molar-refractivity contribution in [1.29, 1.82) is 0 Å². The van der Waals surface area contributed by atoms with E-state index in [2.05, 4.69) is 15.6 Å². The standard InChI is InChI=1S/C28H28Cl2F3N3O5/c29-18-7-10-20(21(30)14-18)27-36-24(25(41-27)28(31,32)33)26(40)34-12-11-22(37)35-19-8-5-17(6-9-19)16-3-1-15(2-4-16)13-23(38)39/h5,7-8,10,14-16H,1-4,6,9,11-13H2,(H,34,40)(H,35,37)(H,38,39). The summed E-state index contributed by atoms with van der Waals surface area (Å²) >= 11 is 11.9. The molecule has 1 aromatic carbocycles. The van der Waals surface area contributed by atoms with E-state index < -0.39 is 41.3 Å². The monoisotopic (exact) mass is 613 g/mol. The minimum Gasteiger partial charge on any atom is -0.481 e. The number of rotatable bonds is 9. The Kier molecular flexibility index (Phi) is 9.80. The molecule has 41 heavy (non-hydrogen) atoms. The van der Waals surface area contributed by atoms with Crippen LogP contribution in [-0.2, 0) is 15.8 Å². The summed E-state index contributed by atoms with van der Waals surface area (Å²) in [7, 11) is 0. The minimum absolute atomic E-state index is 0.00166. The maximum Gasteiger partial charge on any atom is 0.452 e. The zero-order chi connectivity index (χ0) is 29.7. The molecule has 1 saturated carbocycles. The number of amides is 2. The number of nitrogens with one attached hydrogen (secondary N) is 2. The van der Waals surface area contributed by atoms with Gasteiger partial charge in [-0.1, -0.05) is 34.9 Å². The average Bonchev–Trinajstić information content (AvgIpc) is 3.35. The molecule has 8 nitrogen and oxygen atoms in total. The summed E-state index contributed by atoms with van der Waals surface area (Å²) in [6, 6.07) is 4.03. The third-order valence-electron chi connectivity index (χ3n) is 7.21. The van der Waals surface area contributed by atoms with Gasteiger partial charge in [0.2, 0.25) is 17.6 Å². The van der Waals surface area contributed by atoms with Crippen molar-refractivity contribution >= 4 is 41.0 Å². The summed E-state index contributed by atoms with van der Waals surface area (Å²) in [4.78, 5) is 39.6. The number of carbonyl (C=O) groups excluding carboxylic acids is 2. The van der Waals surface area contributed by atoms with Crippen LogP contribution in [0.25, 0.3) is 11.5 Å². The van der Waals surface area contributed by atoms with Crippen LogP contribution >= 0.6 is 23.2 Å². The van der Waals surface area contributed by atoms with Gasteiger partial charge in [-0.05, 0) is 74.6 Å². The molecule has 1 heterocycles. The molecule has 2 aliphatic rings. The molecule has 3 N–H and O–H groups in total. The topological polar surface area (TPSA) is 122 Å². The van der Waals surface area contributed by atoms with Gasteiger partial charge in [0, 0.05) is 30.1 Å². The first-order valence-electron chi connectivity index (χ1n) is 13.1. The number of aliphatic carboxylic acids is 1. The molecule has 220 valence electrons. The maximum atomic E-state index is 13.6. The highest BCUT2D eigenvalue weighted by Crippen LogP contribution is 2.39. The molecule has 0 atom stereocenters. The molecule has 2 amide bonds. The summed E-state index contributed by atoms with van der Waals surface area (Å²) in [6.45, 7) is -0.222. The molecular formula is C28H28Cl2F3N3O5. The number of carboxylic acid groups (broad SMARTS) is 1. The zero-order valence-corrected chi connectivity index (χ0v) is 23.3. The highest BCUT2D eigenvalue weighted by molar-refractivity contribution is 6.36. The van der Waals surface area contributed by atoms with E-state index in [1.807, 2.05) is 12.2 Å². The molecule has 0 unspecified atom stereocenters. The molecule has 2 aliphatic carbocycles. The number of hydrogen-bond acceptors (Lipinski definition) is 5. The Hall–Kier alpha value is -3.31. The Labute approximate surface area is 244 Å². The van der Waals surface area contributed by atoms with Crippen molar-refractivity contribution in [3.05, 3.63) is 63.1 Å². The number of oxazole rings is 1. The van der Waals surface area contributed by atoms with Crippen LogP contribution in [0.1, 0.15) is 67.6 Å². The molecule has 2 aromatic rings. The van der Waals surface area contributed by atoms with Gasteiger partial charge in [0.15, 0.2) is 5.69 Å². The lowest BCUT2D eigenvalue weighted by atomic mass is 9.75. The fourth-order valence-electron chi connectivity index (χ4n) is 5.14. The van der Waals surface area contributed by atoms with Crippen LogP contribution in [0.2, 0.25) is 10.0 Å². The van der Waals surface area contributed by atoms with Gasteiger partial charge in [0.05, 0.1) is 10.6 Å². The molecular weight excluding hydrogens is 586 g/mol. The number of carboxylic acids is 1. The third kappa shape index (κ3) is 8.13. The summed E-state index contributed by atoms with van der Waals surface area (Å²) in [5.41, 5.74) is 1.06.